The second-order valence-corrected chi connectivity index (χ2v) is 7.98. The Kier molecular flexibility index (Phi) is 4.81. The van der Waals surface area contributed by atoms with Crippen molar-refractivity contribution in [2.24, 2.45) is 0 Å². The Labute approximate surface area is 84.8 Å². The standard InChI is InChI=1S/C6H11ClO2Si3/c7-5-3-1-2-4-6(5)11-9-12-8-10/h1-4H,11-12H2,10H3. The van der Waals surface area contributed by atoms with E-state index in [1.165, 1.54) is 5.19 Å². The number of rotatable bonds is 4. The SMILES string of the molecule is [SiH3]O[SiH2]O[SiH2]c1ccccc1Cl. The van der Waals surface area contributed by atoms with Crippen LogP contribution in [-0.2, 0) is 8.23 Å². The number of hydrogen-bond donors (Lipinski definition) is 0. The molecule has 2 nitrogen and oxygen atoms in total. The van der Waals surface area contributed by atoms with Crippen LogP contribution in [0.1, 0.15) is 0 Å². The van der Waals surface area contributed by atoms with E-state index in [1.54, 1.807) is 0 Å². The molecule has 0 saturated heterocycles. The van der Waals surface area contributed by atoms with Crippen molar-refractivity contribution in [3.8, 4) is 0 Å². The Bertz CT molecular complexity index is 246. The lowest BCUT2D eigenvalue weighted by molar-refractivity contribution is 0.508. The first-order valence-electron chi connectivity index (χ1n) is 3.64. The van der Waals surface area contributed by atoms with Gasteiger partial charge in [-0.15, -0.1) is 0 Å². The van der Waals surface area contributed by atoms with Gasteiger partial charge in [0, 0.05) is 5.02 Å². The van der Waals surface area contributed by atoms with E-state index in [9.17, 15) is 0 Å². The van der Waals surface area contributed by atoms with Crippen molar-refractivity contribution < 1.29 is 8.23 Å². The predicted octanol–water partition coefficient (Wildman–Crippen LogP) is -1.64. The van der Waals surface area contributed by atoms with Gasteiger partial charge < -0.3 is 8.23 Å². The second-order valence-electron chi connectivity index (χ2n) is 2.35. The molecule has 12 heavy (non-hydrogen) atoms. The summed E-state index contributed by atoms with van der Waals surface area (Å²) < 4.78 is 10.5. The average Bonchev–Trinajstić information content (AvgIpc) is 2.09. The van der Waals surface area contributed by atoms with Crippen molar-refractivity contribution in [3.63, 3.8) is 0 Å². The quantitative estimate of drug-likeness (QED) is 0.460. The smallest absolute Gasteiger partial charge is 0.283 e. The van der Waals surface area contributed by atoms with Gasteiger partial charge >= 0.3 is 0 Å². The highest BCUT2D eigenvalue weighted by atomic mass is 35.5. The molecule has 0 N–H and O–H groups in total. The predicted molar refractivity (Wildman–Crippen MR) is 60.3 cm³/mol. The fourth-order valence-electron chi connectivity index (χ4n) is 0.850. The Morgan fingerprint density at radius 2 is 2.08 bits per heavy atom. The van der Waals surface area contributed by atoms with E-state index in [1.807, 2.05) is 24.3 Å². The van der Waals surface area contributed by atoms with Gasteiger partial charge in [0.2, 0.25) is 0 Å². The Morgan fingerprint density at radius 1 is 1.33 bits per heavy atom. The highest BCUT2D eigenvalue weighted by molar-refractivity contribution is 6.57. The minimum atomic E-state index is -0.673. The molecular weight excluding hydrogens is 224 g/mol. The summed E-state index contributed by atoms with van der Waals surface area (Å²) >= 11 is 5.94. The van der Waals surface area contributed by atoms with Gasteiger partial charge in [-0.1, -0.05) is 29.8 Å². The molecule has 0 amide bonds. The zero-order valence-corrected chi connectivity index (χ0v) is 12.5. The summed E-state index contributed by atoms with van der Waals surface area (Å²) in [6, 6.07) is 7.84. The van der Waals surface area contributed by atoms with Crippen molar-refractivity contribution in [2.75, 3.05) is 0 Å². The molecule has 0 aromatic heterocycles. The third-order valence-electron chi connectivity index (χ3n) is 1.42. The average molecular weight is 235 g/mol. The number of hydrogen-bond acceptors (Lipinski definition) is 2. The lowest BCUT2D eigenvalue weighted by Gasteiger charge is -2.03. The molecule has 1 rings (SSSR count). The molecule has 0 unspecified atom stereocenters. The Morgan fingerprint density at radius 3 is 2.75 bits per heavy atom. The molecule has 0 saturated carbocycles. The van der Waals surface area contributed by atoms with E-state index >= 15 is 0 Å². The van der Waals surface area contributed by atoms with Gasteiger partial charge in [0.15, 0.2) is 9.76 Å². The van der Waals surface area contributed by atoms with Crippen LogP contribution in [0.2, 0.25) is 5.02 Å². The normalized spacial score (nSPS) is 12.4. The molecule has 0 fully saturated rings. The third kappa shape index (κ3) is 3.21. The maximum Gasteiger partial charge on any atom is 0.283 e. The first-order valence-corrected chi connectivity index (χ1v) is 7.28. The van der Waals surface area contributed by atoms with E-state index in [-0.39, 0.29) is 0 Å². The molecule has 0 spiro atoms. The minimum Gasteiger partial charge on any atom is -0.449 e. The van der Waals surface area contributed by atoms with E-state index in [0.29, 0.717) is 0 Å². The molecule has 0 atom stereocenters. The number of benzene rings is 1. The summed E-state index contributed by atoms with van der Waals surface area (Å²) in [4.78, 5) is 0. The molecule has 0 aliphatic rings. The molecule has 0 radical (unpaired) electrons. The molecule has 6 heteroatoms. The second kappa shape index (κ2) is 5.68. The molecule has 1 aromatic carbocycles. The van der Waals surface area contributed by atoms with Crippen LogP contribution in [0, 0.1) is 0 Å². The van der Waals surface area contributed by atoms with Crippen LogP contribution >= 0.6 is 11.6 Å². The van der Waals surface area contributed by atoms with Gasteiger partial charge in [-0.3, -0.25) is 0 Å². The van der Waals surface area contributed by atoms with Crippen molar-refractivity contribution >= 4 is 47.0 Å². The van der Waals surface area contributed by atoms with Crippen LogP contribution in [0.3, 0.4) is 0 Å². The van der Waals surface area contributed by atoms with Gasteiger partial charge in [0.05, 0.1) is 0 Å². The largest absolute Gasteiger partial charge is 0.449 e. The van der Waals surface area contributed by atoms with Crippen LogP contribution in [0.15, 0.2) is 24.3 Å². The summed E-state index contributed by atoms with van der Waals surface area (Å²) in [6.45, 7) is 0. The lowest BCUT2D eigenvalue weighted by atomic mass is 10.4. The molecule has 66 valence electrons. The van der Waals surface area contributed by atoms with E-state index in [2.05, 4.69) is 0 Å². The van der Waals surface area contributed by atoms with Crippen LogP contribution < -0.4 is 5.19 Å². The van der Waals surface area contributed by atoms with E-state index in [4.69, 9.17) is 19.8 Å². The fraction of sp³-hybridized carbons (Fsp3) is 0. The molecule has 0 heterocycles. The number of halogens is 1. The van der Waals surface area contributed by atoms with Crippen molar-refractivity contribution in [1.82, 2.24) is 0 Å². The molecule has 0 aliphatic heterocycles. The minimum absolute atomic E-state index is 0.624. The summed E-state index contributed by atoms with van der Waals surface area (Å²) in [5.74, 6) is 0. The summed E-state index contributed by atoms with van der Waals surface area (Å²) in [6.07, 6.45) is 0. The van der Waals surface area contributed by atoms with Gasteiger partial charge in [-0.05, 0) is 11.3 Å². The zero-order valence-electron chi connectivity index (χ0n) is 6.92. The maximum absolute atomic E-state index is 5.94. The van der Waals surface area contributed by atoms with Crippen LogP contribution in [0.5, 0.6) is 0 Å². The first-order chi connectivity index (χ1) is 5.84. The topological polar surface area (TPSA) is 18.5 Å². The summed E-state index contributed by atoms with van der Waals surface area (Å²) in [5, 5.41) is 2.00. The molecule has 1 aromatic rings. The van der Waals surface area contributed by atoms with Gasteiger partial charge in [-0.25, -0.2) is 0 Å². The highest BCUT2D eigenvalue weighted by Crippen LogP contribution is 2.02. The molecule has 0 aliphatic carbocycles. The van der Waals surface area contributed by atoms with Crippen LogP contribution in [0.25, 0.3) is 0 Å². The van der Waals surface area contributed by atoms with Gasteiger partial charge in [0.1, 0.15) is 10.5 Å². The van der Waals surface area contributed by atoms with Gasteiger partial charge in [-0.2, -0.15) is 0 Å². The third-order valence-corrected chi connectivity index (χ3v) is 5.36. The van der Waals surface area contributed by atoms with E-state index in [0.717, 1.165) is 15.5 Å². The summed E-state index contributed by atoms with van der Waals surface area (Å²) in [5.41, 5.74) is 0. The molecule has 0 bridgehead atoms. The van der Waals surface area contributed by atoms with Crippen LogP contribution in [-0.4, -0.2) is 30.3 Å². The highest BCUT2D eigenvalue weighted by Gasteiger charge is 1.98. The first kappa shape index (κ1) is 10.2. The monoisotopic (exact) mass is 234 g/mol. The van der Waals surface area contributed by atoms with Crippen molar-refractivity contribution in [2.45, 2.75) is 0 Å². The van der Waals surface area contributed by atoms with Crippen molar-refractivity contribution in [3.05, 3.63) is 29.3 Å². The van der Waals surface area contributed by atoms with Crippen LogP contribution in [0.4, 0.5) is 0 Å². The molecular formula is C6H11ClO2Si3. The Balaban J connectivity index is 2.46. The van der Waals surface area contributed by atoms with Crippen molar-refractivity contribution in [1.29, 1.82) is 0 Å². The van der Waals surface area contributed by atoms with Gasteiger partial charge in [0.25, 0.3) is 10.0 Å². The summed E-state index contributed by atoms with van der Waals surface area (Å²) in [7, 11) is -0.508. The zero-order chi connectivity index (χ0) is 8.81. The Hall–Kier alpha value is 0.0806. The fourth-order valence-corrected chi connectivity index (χ4v) is 5.02. The lowest BCUT2D eigenvalue weighted by Crippen LogP contribution is -2.21. The maximum atomic E-state index is 5.94. The van der Waals surface area contributed by atoms with E-state index < -0.39 is 19.8 Å².